The number of rotatable bonds is 5. The van der Waals surface area contributed by atoms with Crippen molar-refractivity contribution >= 4 is 30.7 Å². The molecular weight excluding hydrogens is 284 g/mol. The van der Waals surface area contributed by atoms with Crippen LogP contribution in [0.15, 0.2) is 0 Å². The van der Waals surface area contributed by atoms with Crippen molar-refractivity contribution in [2.75, 3.05) is 6.61 Å². The Hall–Kier alpha value is 0.350. The second-order valence-corrected chi connectivity index (χ2v) is 7.80. The maximum Gasteiger partial charge on any atom is 0.476 e. The molecule has 0 bridgehead atoms. The molecule has 0 aromatic carbocycles. The molecule has 0 saturated carbocycles. The largest absolute Gasteiger partial charge is 0.476 e. The SMILES string of the molecule is B[C@@H]1OC(COP(B)(=O)OP(=O)(O)O)[C@@H](O)C1C. The number of phosphoric acid groups is 1. The van der Waals surface area contributed by atoms with Gasteiger partial charge in [-0.1, -0.05) is 6.92 Å². The summed E-state index contributed by atoms with van der Waals surface area (Å²) in [6.45, 7) is 1.54. The zero-order chi connectivity index (χ0) is 14.1. The molecule has 12 heteroatoms. The Morgan fingerprint density at radius 3 is 2.33 bits per heavy atom. The highest BCUT2D eigenvalue weighted by Gasteiger charge is 2.39. The van der Waals surface area contributed by atoms with Crippen molar-refractivity contribution in [2.24, 2.45) is 5.92 Å². The van der Waals surface area contributed by atoms with E-state index in [2.05, 4.69) is 4.31 Å². The number of aliphatic hydroxyl groups excluding tert-OH is 1. The van der Waals surface area contributed by atoms with Crippen molar-refractivity contribution in [2.45, 2.75) is 25.1 Å². The third kappa shape index (κ3) is 4.79. The van der Waals surface area contributed by atoms with Gasteiger partial charge in [-0.05, 0) is 0 Å². The lowest BCUT2D eigenvalue weighted by molar-refractivity contribution is 0.000557. The van der Waals surface area contributed by atoms with Crippen LogP contribution < -0.4 is 0 Å². The molecule has 0 aliphatic carbocycles. The second kappa shape index (κ2) is 5.77. The van der Waals surface area contributed by atoms with E-state index >= 15 is 0 Å². The predicted octanol–water partition coefficient (Wildman–Crippen LogP) is -1.79. The fourth-order valence-electron chi connectivity index (χ4n) is 1.66. The summed E-state index contributed by atoms with van der Waals surface area (Å²) in [4.78, 5) is 17.1. The van der Waals surface area contributed by atoms with E-state index in [1.165, 1.54) is 0 Å². The van der Waals surface area contributed by atoms with Gasteiger partial charge in [0, 0.05) is 11.9 Å². The van der Waals surface area contributed by atoms with Gasteiger partial charge in [0.05, 0.1) is 12.7 Å². The normalized spacial score (nSPS) is 36.4. The summed E-state index contributed by atoms with van der Waals surface area (Å²) in [5.74, 6) is -0.0995. The van der Waals surface area contributed by atoms with E-state index < -0.39 is 27.5 Å². The van der Waals surface area contributed by atoms with Gasteiger partial charge >= 0.3 is 7.82 Å². The maximum absolute atomic E-state index is 11.6. The minimum Gasteiger partial charge on any atom is -0.390 e. The minimum absolute atomic E-state index is 0.0995. The molecule has 1 saturated heterocycles. The Morgan fingerprint density at radius 2 is 1.94 bits per heavy atom. The molecule has 0 amide bonds. The Kier molecular flexibility index (Phi) is 5.26. The molecule has 1 aliphatic heterocycles. The average molecular weight is 300 g/mol. The molecule has 1 rings (SSSR count). The smallest absolute Gasteiger partial charge is 0.390 e. The number of hydrogen-bond acceptors (Lipinski definition) is 6. The van der Waals surface area contributed by atoms with Crippen molar-refractivity contribution < 1.29 is 37.6 Å². The van der Waals surface area contributed by atoms with E-state index in [-0.39, 0.29) is 18.5 Å². The van der Waals surface area contributed by atoms with Crippen LogP contribution in [0.4, 0.5) is 0 Å². The van der Waals surface area contributed by atoms with Gasteiger partial charge in [0.25, 0.3) is 15.0 Å². The Morgan fingerprint density at radius 1 is 1.39 bits per heavy atom. The summed E-state index contributed by atoms with van der Waals surface area (Å²) in [6, 6.07) is -0.174. The first-order chi connectivity index (χ1) is 8.02. The quantitative estimate of drug-likeness (QED) is 0.402. The van der Waals surface area contributed by atoms with Crippen molar-refractivity contribution in [3.8, 4) is 0 Å². The third-order valence-corrected chi connectivity index (χ3v) is 5.43. The van der Waals surface area contributed by atoms with Gasteiger partial charge in [-0.3, -0.25) is 4.57 Å². The first-order valence-electron chi connectivity index (χ1n) is 5.34. The van der Waals surface area contributed by atoms with Gasteiger partial charge < -0.3 is 24.2 Å². The van der Waals surface area contributed by atoms with Gasteiger partial charge in [0.1, 0.15) is 14.0 Å². The zero-order valence-electron chi connectivity index (χ0n) is 10.3. The highest BCUT2D eigenvalue weighted by Crippen LogP contribution is 2.57. The fraction of sp³-hybridized carbons (Fsp3) is 1.00. The lowest BCUT2D eigenvalue weighted by Gasteiger charge is -2.19. The molecule has 18 heavy (non-hydrogen) atoms. The summed E-state index contributed by atoms with van der Waals surface area (Å²) in [7, 11) is -6.04. The first kappa shape index (κ1) is 16.4. The summed E-state index contributed by atoms with van der Waals surface area (Å²) in [5, 5.41) is 9.77. The van der Waals surface area contributed by atoms with Crippen LogP contribution in [0, 0.1) is 5.92 Å². The molecule has 1 heterocycles. The third-order valence-electron chi connectivity index (χ3n) is 2.78. The molecule has 1 aliphatic rings. The molecule has 5 atom stereocenters. The van der Waals surface area contributed by atoms with E-state index in [4.69, 9.17) is 19.0 Å². The van der Waals surface area contributed by atoms with Crippen LogP contribution in [0.25, 0.3) is 0 Å². The highest BCUT2D eigenvalue weighted by molar-refractivity contribution is 7.83. The van der Waals surface area contributed by atoms with Gasteiger partial charge in [-0.15, -0.1) is 0 Å². The van der Waals surface area contributed by atoms with Gasteiger partial charge in [0.15, 0.2) is 0 Å². The van der Waals surface area contributed by atoms with Crippen LogP contribution in [-0.4, -0.2) is 55.1 Å². The van der Waals surface area contributed by atoms with Crippen molar-refractivity contribution in [3.63, 3.8) is 0 Å². The monoisotopic (exact) mass is 300 g/mol. The van der Waals surface area contributed by atoms with Crippen molar-refractivity contribution in [1.29, 1.82) is 0 Å². The lowest BCUT2D eigenvalue weighted by Crippen LogP contribution is -2.29. The Bertz CT molecular complexity index is 386. The van der Waals surface area contributed by atoms with E-state index in [1.807, 2.05) is 0 Å². The van der Waals surface area contributed by atoms with Crippen molar-refractivity contribution in [1.82, 2.24) is 0 Å². The van der Waals surface area contributed by atoms with E-state index in [9.17, 15) is 14.2 Å². The topological polar surface area (TPSA) is 123 Å². The predicted molar refractivity (Wildman–Crippen MR) is 67.6 cm³/mol. The van der Waals surface area contributed by atoms with Crippen LogP contribution in [0.5, 0.6) is 0 Å². The molecule has 0 aromatic rings. The lowest BCUT2D eigenvalue weighted by atomic mass is 9.86. The molecule has 104 valence electrons. The molecule has 0 spiro atoms. The van der Waals surface area contributed by atoms with Gasteiger partial charge in [-0.25, -0.2) is 8.88 Å². The molecule has 3 unspecified atom stereocenters. The molecule has 0 radical (unpaired) electrons. The van der Waals surface area contributed by atoms with Gasteiger partial charge in [-0.2, -0.15) is 0 Å². The summed E-state index contributed by atoms with van der Waals surface area (Å²) >= 11 is 0. The van der Waals surface area contributed by atoms with Crippen LogP contribution >= 0.6 is 15.3 Å². The number of ether oxygens (including phenoxy) is 1. The average Bonchev–Trinajstić information content (AvgIpc) is 2.39. The second-order valence-electron chi connectivity index (χ2n) is 4.37. The molecule has 0 aromatic heterocycles. The summed E-state index contributed by atoms with van der Waals surface area (Å²) < 4.78 is 36.3. The fourth-order valence-corrected chi connectivity index (χ4v) is 3.81. The van der Waals surface area contributed by atoms with E-state index in [0.717, 1.165) is 7.57 Å². The van der Waals surface area contributed by atoms with E-state index in [1.54, 1.807) is 14.8 Å². The van der Waals surface area contributed by atoms with Crippen LogP contribution in [0.3, 0.4) is 0 Å². The minimum atomic E-state index is -4.88. The Labute approximate surface area is 107 Å². The molecule has 8 nitrogen and oxygen atoms in total. The molecular formula is C6H16B2O8P2. The van der Waals surface area contributed by atoms with E-state index in [0.29, 0.717) is 0 Å². The zero-order valence-corrected chi connectivity index (χ0v) is 12.1. The number of aliphatic hydroxyl groups is 1. The van der Waals surface area contributed by atoms with Gasteiger partial charge in [0.2, 0.25) is 0 Å². The Balaban J connectivity index is 2.51. The van der Waals surface area contributed by atoms with Crippen LogP contribution in [0.1, 0.15) is 6.92 Å². The van der Waals surface area contributed by atoms with Crippen molar-refractivity contribution in [3.05, 3.63) is 0 Å². The molecule has 3 N–H and O–H groups in total. The maximum atomic E-state index is 11.6. The first-order valence-corrected chi connectivity index (χ1v) is 8.86. The van der Waals surface area contributed by atoms with Crippen LogP contribution in [0.2, 0.25) is 0 Å². The molecule has 1 fully saturated rings. The number of hydrogen-bond donors (Lipinski definition) is 3. The standard InChI is InChI=1S/C6H16B2O8P2/c1-3-5(9)4(15-6(3)7)2-14-17(8,10)16-18(11,12)13/h3-6,9H,2,7-8H2,1H3,(H2,11,12,13)/t3?,4?,5-,6+,17?/m0/s1. The summed E-state index contributed by atoms with van der Waals surface area (Å²) in [6.07, 6.45) is -1.47. The highest BCUT2D eigenvalue weighted by atomic mass is 31.3. The van der Waals surface area contributed by atoms with Crippen LogP contribution in [-0.2, 0) is 22.7 Å². The summed E-state index contributed by atoms with van der Waals surface area (Å²) in [5.41, 5.74) is 0.